The van der Waals surface area contributed by atoms with Gasteiger partial charge in [0.25, 0.3) is 0 Å². The topological polar surface area (TPSA) is 134 Å². The predicted molar refractivity (Wildman–Crippen MR) is 394 cm³/mol. The molecule has 0 amide bonds. The van der Waals surface area contributed by atoms with Crippen molar-refractivity contribution in [2.75, 3.05) is 26.4 Å². The Kier molecular flexibility index (Phi) is 72.0. The van der Waals surface area contributed by atoms with Gasteiger partial charge in [0, 0.05) is 19.4 Å². The monoisotopic (exact) mass is 1290 g/mol. The zero-order valence-corrected chi connectivity index (χ0v) is 59.7. The molecule has 0 aromatic heterocycles. The van der Waals surface area contributed by atoms with E-state index < -0.39 is 26.5 Å². The molecule has 0 fully saturated rings. The Morgan fingerprint density at radius 3 is 0.846 bits per heavy atom. The molecule has 0 aromatic carbocycles. The summed E-state index contributed by atoms with van der Waals surface area (Å²) in [6.45, 7) is 3.55. The van der Waals surface area contributed by atoms with E-state index in [-0.39, 0.29) is 38.6 Å². The standard InChI is InChI=1S/C81H140NO8P/c1-3-5-7-9-11-13-15-17-19-21-23-25-27-29-31-33-35-37-38-39-40-42-43-45-47-49-51-53-55-57-59-61-63-65-67-69-71-73-80(83)87-77-79(78-89-91(85,86)88-76-75-82)90-81(84)74-72-70-68-66-64-62-60-58-56-54-52-50-48-46-44-41-36-34-32-30-28-26-24-22-20-18-16-14-12-10-8-6-4-2/h5-8,11-14,17-20,23-26,30,32,36,41,46,48,79H,3-4,9-10,15-16,21-22,27-29,31,33-35,37-40,42-45,47,49-78,82H2,1-2H3,(H,85,86)/b7-5-,8-6-,13-11-,14-12-,19-17-,20-18-,25-23-,26-24-,32-30-,41-36-,48-46-. The average Bonchev–Trinajstić information content (AvgIpc) is 3.74. The van der Waals surface area contributed by atoms with Gasteiger partial charge in [-0.1, -0.05) is 347 Å². The van der Waals surface area contributed by atoms with Gasteiger partial charge in [-0.05, 0) is 109 Å². The van der Waals surface area contributed by atoms with Crippen molar-refractivity contribution in [1.82, 2.24) is 0 Å². The number of hydrogen-bond acceptors (Lipinski definition) is 8. The normalized spacial score (nSPS) is 13.7. The first kappa shape index (κ1) is 87.2. The van der Waals surface area contributed by atoms with Crippen molar-refractivity contribution in [3.63, 3.8) is 0 Å². The second-order valence-corrected chi connectivity index (χ2v) is 26.2. The van der Waals surface area contributed by atoms with Gasteiger partial charge in [-0.2, -0.15) is 0 Å². The lowest BCUT2D eigenvalue weighted by Gasteiger charge is -2.19. The lowest BCUT2D eigenvalue weighted by molar-refractivity contribution is -0.161. The largest absolute Gasteiger partial charge is 0.472 e. The van der Waals surface area contributed by atoms with Crippen LogP contribution in [0.3, 0.4) is 0 Å². The highest BCUT2D eigenvalue weighted by Gasteiger charge is 2.26. The van der Waals surface area contributed by atoms with Gasteiger partial charge in [0.2, 0.25) is 0 Å². The highest BCUT2D eigenvalue weighted by Crippen LogP contribution is 2.43. The third kappa shape index (κ3) is 75.1. The van der Waals surface area contributed by atoms with Crippen LogP contribution in [0.2, 0.25) is 0 Å². The third-order valence-corrected chi connectivity index (χ3v) is 17.0. The molecular formula is C81H140NO8P. The van der Waals surface area contributed by atoms with E-state index in [0.29, 0.717) is 6.42 Å². The number of esters is 2. The number of phosphoric ester groups is 1. The first-order valence-corrected chi connectivity index (χ1v) is 39.2. The van der Waals surface area contributed by atoms with Gasteiger partial charge in [0.1, 0.15) is 6.61 Å². The number of unbranched alkanes of at least 4 members (excludes halogenated alkanes) is 35. The van der Waals surface area contributed by atoms with Crippen LogP contribution in [0.25, 0.3) is 0 Å². The van der Waals surface area contributed by atoms with Crippen LogP contribution in [-0.4, -0.2) is 49.3 Å². The molecule has 0 aromatic rings. The Labute approximate surface area is 561 Å². The first-order valence-electron chi connectivity index (χ1n) is 37.7. The number of rotatable bonds is 70. The van der Waals surface area contributed by atoms with Crippen LogP contribution in [0.4, 0.5) is 0 Å². The number of phosphoric acid groups is 1. The van der Waals surface area contributed by atoms with Crippen LogP contribution in [0.5, 0.6) is 0 Å². The molecule has 0 aliphatic heterocycles. The van der Waals surface area contributed by atoms with E-state index in [4.69, 9.17) is 24.3 Å². The summed E-state index contributed by atoms with van der Waals surface area (Å²) in [5.41, 5.74) is 5.41. The summed E-state index contributed by atoms with van der Waals surface area (Å²) in [5, 5.41) is 0. The molecule has 0 saturated heterocycles. The van der Waals surface area contributed by atoms with E-state index in [2.05, 4.69) is 148 Å². The molecular weight excluding hydrogens is 1150 g/mol. The quantitative estimate of drug-likeness (QED) is 0.0264. The maximum absolute atomic E-state index is 12.8. The number of carbonyl (C=O) groups excluding carboxylic acids is 2. The summed E-state index contributed by atoms with van der Waals surface area (Å²) in [6.07, 6.45) is 107. The Morgan fingerprint density at radius 1 is 0.330 bits per heavy atom. The van der Waals surface area contributed by atoms with Gasteiger partial charge in [0.15, 0.2) is 6.10 Å². The smallest absolute Gasteiger partial charge is 0.462 e. The Hall–Kier alpha value is -3.85. The lowest BCUT2D eigenvalue weighted by Crippen LogP contribution is -2.29. The third-order valence-electron chi connectivity index (χ3n) is 16.0. The molecule has 2 atom stereocenters. The van der Waals surface area contributed by atoms with Crippen molar-refractivity contribution in [3.05, 3.63) is 134 Å². The van der Waals surface area contributed by atoms with Crippen LogP contribution in [-0.2, 0) is 32.7 Å². The average molecular weight is 1290 g/mol. The minimum Gasteiger partial charge on any atom is -0.462 e. The summed E-state index contributed by atoms with van der Waals surface area (Å²) in [6, 6.07) is 0. The van der Waals surface area contributed by atoms with Crippen LogP contribution in [0, 0.1) is 0 Å². The molecule has 2 unspecified atom stereocenters. The van der Waals surface area contributed by atoms with Gasteiger partial charge in [-0.3, -0.25) is 18.6 Å². The molecule has 91 heavy (non-hydrogen) atoms. The minimum atomic E-state index is -4.40. The van der Waals surface area contributed by atoms with Gasteiger partial charge >= 0.3 is 19.8 Å². The fourth-order valence-electron chi connectivity index (χ4n) is 10.6. The number of ether oxygens (including phenoxy) is 2. The highest BCUT2D eigenvalue weighted by molar-refractivity contribution is 7.47. The molecule has 0 bridgehead atoms. The van der Waals surface area contributed by atoms with Gasteiger partial charge in [0.05, 0.1) is 13.2 Å². The van der Waals surface area contributed by atoms with E-state index >= 15 is 0 Å². The zero-order valence-electron chi connectivity index (χ0n) is 58.8. The van der Waals surface area contributed by atoms with E-state index in [9.17, 15) is 19.0 Å². The maximum Gasteiger partial charge on any atom is 0.472 e. The Balaban J connectivity index is 3.84. The second-order valence-electron chi connectivity index (χ2n) is 24.8. The fraction of sp³-hybridized carbons (Fsp3) is 0.704. The summed E-state index contributed by atoms with van der Waals surface area (Å²) in [5.74, 6) is -0.823. The van der Waals surface area contributed by atoms with Crippen molar-refractivity contribution >= 4 is 19.8 Å². The molecule has 0 aliphatic rings. The summed E-state index contributed by atoms with van der Waals surface area (Å²) < 4.78 is 33.2. The summed E-state index contributed by atoms with van der Waals surface area (Å²) in [7, 11) is -4.40. The lowest BCUT2D eigenvalue weighted by atomic mass is 10.0. The van der Waals surface area contributed by atoms with E-state index in [1.165, 1.54) is 186 Å². The molecule has 0 saturated carbocycles. The van der Waals surface area contributed by atoms with E-state index in [1.54, 1.807) is 0 Å². The van der Waals surface area contributed by atoms with E-state index in [0.717, 1.165) is 116 Å². The second kappa shape index (κ2) is 75.2. The van der Waals surface area contributed by atoms with E-state index in [1.807, 2.05) is 0 Å². The number of carbonyl (C=O) groups is 2. The van der Waals surface area contributed by atoms with Crippen molar-refractivity contribution in [3.8, 4) is 0 Å². The predicted octanol–water partition coefficient (Wildman–Crippen LogP) is 25.2. The highest BCUT2D eigenvalue weighted by atomic mass is 31.2. The molecule has 0 radical (unpaired) electrons. The Bertz CT molecular complexity index is 1960. The molecule has 9 nitrogen and oxygen atoms in total. The zero-order chi connectivity index (χ0) is 65.8. The molecule has 0 aliphatic carbocycles. The van der Waals surface area contributed by atoms with Gasteiger partial charge in [-0.15, -0.1) is 0 Å². The van der Waals surface area contributed by atoms with Crippen molar-refractivity contribution in [2.45, 2.75) is 341 Å². The van der Waals surface area contributed by atoms with Crippen LogP contribution >= 0.6 is 7.82 Å². The number of allylic oxidation sites excluding steroid dienone is 22. The van der Waals surface area contributed by atoms with Crippen LogP contribution < -0.4 is 5.73 Å². The molecule has 0 heterocycles. The van der Waals surface area contributed by atoms with Crippen molar-refractivity contribution < 1.29 is 37.6 Å². The molecule has 522 valence electrons. The number of hydrogen-bond donors (Lipinski definition) is 2. The van der Waals surface area contributed by atoms with Gasteiger partial charge in [-0.25, -0.2) is 4.57 Å². The minimum absolute atomic E-state index is 0.0493. The SMILES string of the molecule is CC/C=C\C/C=C\C/C=C\C/C=C\C/C=C\C/C=C\C/C=C\CCCCCCCCCCCCCC(=O)OC(COC(=O)CCCCCCCCCCCCCCCCCCCCCCCCCC/C=C\C/C=C\C/C=C\C/C=C\CC)COP(=O)(O)OCCN. The maximum atomic E-state index is 12.8. The van der Waals surface area contributed by atoms with Crippen LogP contribution in [0.15, 0.2) is 134 Å². The first-order chi connectivity index (χ1) is 44.8. The fourth-order valence-corrected chi connectivity index (χ4v) is 11.3. The molecule has 10 heteroatoms. The Morgan fingerprint density at radius 2 is 0.571 bits per heavy atom. The molecule has 3 N–H and O–H groups in total. The van der Waals surface area contributed by atoms with Gasteiger partial charge < -0.3 is 20.1 Å². The van der Waals surface area contributed by atoms with Crippen molar-refractivity contribution in [2.24, 2.45) is 5.73 Å². The summed E-state index contributed by atoms with van der Waals surface area (Å²) in [4.78, 5) is 35.4. The van der Waals surface area contributed by atoms with Crippen molar-refractivity contribution in [1.29, 1.82) is 0 Å². The number of nitrogens with two attached hydrogens (primary N) is 1. The molecule has 0 spiro atoms. The summed E-state index contributed by atoms with van der Waals surface area (Å²) >= 11 is 0. The van der Waals surface area contributed by atoms with Crippen LogP contribution in [0.1, 0.15) is 335 Å². The molecule has 0 rings (SSSR count).